The van der Waals surface area contributed by atoms with Crippen LogP contribution in [0.3, 0.4) is 0 Å². The molecule has 0 saturated carbocycles. The molecule has 0 fully saturated rings. The van der Waals surface area contributed by atoms with Crippen LogP contribution in [0.4, 0.5) is 0 Å². The molecule has 1 aromatic carbocycles. The number of rotatable bonds is 6. The first-order valence-corrected chi connectivity index (χ1v) is 6.93. The van der Waals surface area contributed by atoms with Gasteiger partial charge in [-0.1, -0.05) is 12.1 Å². The summed E-state index contributed by atoms with van der Waals surface area (Å²) in [7, 11) is 0. The maximum Gasteiger partial charge on any atom is 0.327 e. The molecule has 22 heavy (non-hydrogen) atoms. The molecular formula is C16H19NO5. The Balaban J connectivity index is 3.33. The number of carbonyl (C=O) groups is 2. The fourth-order valence-corrected chi connectivity index (χ4v) is 1.99. The second-order valence-electron chi connectivity index (χ2n) is 4.74. The van der Waals surface area contributed by atoms with E-state index in [-0.39, 0.29) is 13.2 Å². The zero-order chi connectivity index (χ0) is 16.8. The summed E-state index contributed by atoms with van der Waals surface area (Å²) in [4.78, 5) is 24.6. The van der Waals surface area contributed by atoms with Gasteiger partial charge in [0.1, 0.15) is 5.75 Å². The number of nitrogens with zero attached hydrogens (tertiary/aromatic N) is 1. The van der Waals surface area contributed by atoms with E-state index in [4.69, 9.17) is 19.5 Å². The second kappa shape index (κ2) is 7.46. The van der Waals surface area contributed by atoms with Crippen LogP contribution in [0.25, 0.3) is 0 Å². The molecule has 0 aliphatic carbocycles. The topological polar surface area (TPSA) is 85.6 Å². The molecule has 0 aliphatic rings. The van der Waals surface area contributed by atoms with Gasteiger partial charge in [0.25, 0.3) is 6.26 Å². The Labute approximate surface area is 129 Å². The average molecular weight is 305 g/mol. The van der Waals surface area contributed by atoms with Gasteiger partial charge in [-0.25, -0.2) is 0 Å². The lowest BCUT2D eigenvalue weighted by Gasteiger charge is -2.26. The molecule has 6 heteroatoms. The minimum atomic E-state index is -1.57. The maximum atomic E-state index is 12.3. The Kier molecular flexibility index (Phi) is 5.93. The van der Waals surface area contributed by atoms with Gasteiger partial charge in [-0.05, 0) is 44.9 Å². The molecule has 0 heterocycles. The summed E-state index contributed by atoms with van der Waals surface area (Å²) in [5, 5.41) is 8.57. The number of benzene rings is 1. The van der Waals surface area contributed by atoms with Gasteiger partial charge in [0.15, 0.2) is 5.41 Å². The van der Waals surface area contributed by atoms with Crippen LogP contribution in [0.15, 0.2) is 18.2 Å². The molecule has 0 unspecified atom stereocenters. The lowest BCUT2D eigenvalue weighted by atomic mass is 9.81. The Hall–Kier alpha value is -2.55. The number of hydrogen-bond acceptors (Lipinski definition) is 6. The molecule has 0 bridgehead atoms. The summed E-state index contributed by atoms with van der Waals surface area (Å²) < 4.78 is 14.8. The first kappa shape index (κ1) is 17.5. The lowest BCUT2D eigenvalue weighted by molar-refractivity contribution is -0.163. The fourth-order valence-electron chi connectivity index (χ4n) is 1.99. The first-order valence-electron chi connectivity index (χ1n) is 6.93. The predicted molar refractivity (Wildman–Crippen MR) is 78.0 cm³/mol. The molecule has 0 amide bonds. The van der Waals surface area contributed by atoms with E-state index in [9.17, 15) is 9.59 Å². The van der Waals surface area contributed by atoms with E-state index < -0.39 is 17.4 Å². The van der Waals surface area contributed by atoms with Gasteiger partial charge in [-0.2, -0.15) is 0 Å². The number of carbonyl (C=O) groups excluding carboxylic acids is 2. The van der Waals surface area contributed by atoms with E-state index in [2.05, 4.69) is 0 Å². The third-order valence-corrected chi connectivity index (χ3v) is 3.28. The normalized spacial score (nSPS) is 10.5. The van der Waals surface area contributed by atoms with Gasteiger partial charge in [0, 0.05) is 0 Å². The van der Waals surface area contributed by atoms with Crippen molar-refractivity contribution in [2.24, 2.45) is 0 Å². The zero-order valence-electron chi connectivity index (χ0n) is 13.1. The van der Waals surface area contributed by atoms with Crippen LogP contribution in [0.5, 0.6) is 5.75 Å². The molecule has 1 aromatic rings. The van der Waals surface area contributed by atoms with Crippen LogP contribution in [-0.2, 0) is 24.5 Å². The molecular weight excluding hydrogens is 286 g/mol. The van der Waals surface area contributed by atoms with Gasteiger partial charge in [0.05, 0.1) is 13.2 Å². The molecule has 118 valence electrons. The Morgan fingerprint density at radius 2 is 1.73 bits per heavy atom. The SMILES string of the molecule is CCOC(=O)C(C)(C(=O)OCC)c1ccc(OC#N)c(C)c1. The summed E-state index contributed by atoms with van der Waals surface area (Å²) in [5.41, 5.74) is -0.520. The van der Waals surface area contributed by atoms with Crippen LogP contribution >= 0.6 is 0 Å². The first-order chi connectivity index (χ1) is 10.4. The van der Waals surface area contributed by atoms with Gasteiger partial charge in [-0.15, -0.1) is 5.26 Å². The Morgan fingerprint density at radius 1 is 1.18 bits per heavy atom. The monoisotopic (exact) mass is 305 g/mol. The third kappa shape index (κ3) is 3.37. The van der Waals surface area contributed by atoms with Crippen molar-refractivity contribution in [3.8, 4) is 12.0 Å². The van der Waals surface area contributed by atoms with Crippen molar-refractivity contribution in [2.45, 2.75) is 33.1 Å². The number of aryl methyl sites for hydroxylation is 1. The van der Waals surface area contributed by atoms with Crippen molar-refractivity contribution in [1.82, 2.24) is 0 Å². The Bertz CT molecular complexity index is 585. The molecule has 0 spiro atoms. The fraction of sp³-hybridized carbons (Fsp3) is 0.438. The standard InChI is InChI=1S/C16H19NO5/c1-5-20-14(18)16(4,15(19)21-6-2)12-7-8-13(22-10-17)11(3)9-12/h7-9H,5-6H2,1-4H3. The molecule has 0 aliphatic heterocycles. The largest absolute Gasteiger partial charge is 0.465 e. The van der Waals surface area contributed by atoms with Crippen molar-refractivity contribution in [3.05, 3.63) is 29.3 Å². The van der Waals surface area contributed by atoms with E-state index in [1.807, 2.05) is 0 Å². The number of ether oxygens (including phenoxy) is 3. The average Bonchev–Trinajstić information content (AvgIpc) is 2.49. The van der Waals surface area contributed by atoms with Crippen LogP contribution in [-0.4, -0.2) is 25.2 Å². The van der Waals surface area contributed by atoms with Crippen molar-refractivity contribution in [3.63, 3.8) is 0 Å². The van der Waals surface area contributed by atoms with E-state index in [0.717, 1.165) is 0 Å². The second-order valence-corrected chi connectivity index (χ2v) is 4.74. The summed E-state index contributed by atoms with van der Waals surface area (Å²) in [5.74, 6) is -0.995. The van der Waals surface area contributed by atoms with Crippen molar-refractivity contribution in [2.75, 3.05) is 13.2 Å². The van der Waals surface area contributed by atoms with E-state index in [1.54, 1.807) is 39.2 Å². The number of esters is 2. The third-order valence-electron chi connectivity index (χ3n) is 3.28. The highest BCUT2D eigenvalue weighted by molar-refractivity contribution is 6.06. The molecule has 0 N–H and O–H groups in total. The summed E-state index contributed by atoms with van der Waals surface area (Å²) >= 11 is 0. The van der Waals surface area contributed by atoms with Gasteiger partial charge < -0.3 is 14.2 Å². The van der Waals surface area contributed by atoms with E-state index in [0.29, 0.717) is 16.9 Å². The molecule has 1 rings (SSSR count). The molecule has 0 atom stereocenters. The predicted octanol–water partition coefficient (Wildman–Crippen LogP) is 2.24. The zero-order valence-corrected chi connectivity index (χ0v) is 13.1. The Morgan fingerprint density at radius 3 is 2.14 bits per heavy atom. The highest BCUT2D eigenvalue weighted by Gasteiger charge is 2.46. The summed E-state index contributed by atoms with van der Waals surface area (Å²) in [6, 6.07) is 4.69. The molecule has 0 saturated heterocycles. The van der Waals surface area contributed by atoms with Crippen LogP contribution < -0.4 is 4.74 Å². The van der Waals surface area contributed by atoms with Gasteiger partial charge in [0.2, 0.25) is 0 Å². The van der Waals surface area contributed by atoms with E-state index >= 15 is 0 Å². The van der Waals surface area contributed by atoms with E-state index in [1.165, 1.54) is 13.0 Å². The van der Waals surface area contributed by atoms with Gasteiger partial charge in [-0.3, -0.25) is 9.59 Å². The quantitative estimate of drug-likeness (QED) is 0.455. The minimum absolute atomic E-state index is 0.155. The smallest absolute Gasteiger partial charge is 0.327 e. The molecule has 6 nitrogen and oxygen atoms in total. The van der Waals surface area contributed by atoms with Gasteiger partial charge >= 0.3 is 11.9 Å². The van der Waals surface area contributed by atoms with Crippen LogP contribution in [0, 0.1) is 18.4 Å². The number of nitriles is 1. The molecule has 0 radical (unpaired) electrons. The molecule has 0 aromatic heterocycles. The van der Waals surface area contributed by atoms with Crippen LogP contribution in [0.2, 0.25) is 0 Å². The maximum absolute atomic E-state index is 12.3. The summed E-state index contributed by atoms with van der Waals surface area (Å²) in [6.07, 6.45) is 1.59. The highest BCUT2D eigenvalue weighted by atomic mass is 16.6. The van der Waals surface area contributed by atoms with Crippen LogP contribution in [0.1, 0.15) is 31.9 Å². The lowest BCUT2D eigenvalue weighted by Crippen LogP contribution is -2.43. The van der Waals surface area contributed by atoms with Crippen molar-refractivity contribution in [1.29, 1.82) is 5.26 Å². The number of hydrogen-bond donors (Lipinski definition) is 0. The minimum Gasteiger partial charge on any atom is -0.465 e. The van der Waals surface area contributed by atoms with Crippen molar-refractivity contribution >= 4 is 11.9 Å². The van der Waals surface area contributed by atoms with Crippen molar-refractivity contribution < 1.29 is 23.8 Å². The highest BCUT2D eigenvalue weighted by Crippen LogP contribution is 2.31. The summed E-state index contributed by atoms with van der Waals surface area (Å²) in [6.45, 7) is 6.82.